The number of nitrogens with zero attached hydrogens (tertiary/aromatic N) is 1. The highest BCUT2D eigenvalue weighted by Gasteiger charge is 2.26. The van der Waals surface area contributed by atoms with Crippen LogP contribution in [0.3, 0.4) is 0 Å². The molecule has 0 spiro atoms. The van der Waals surface area contributed by atoms with Crippen LogP contribution in [0.15, 0.2) is 24.4 Å². The molecular formula is C9H12N2O4S. The molecule has 88 valence electrons. The number of carbonyl (C=O) groups is 1. The molecule has 0 bridgehead atoms. The Labute approximate surface area is 93.4 Å². The molecule has 0 amide bonds. The van der Waals surface area contributed by atoms with Crippen molar-refractivity contribution in [3.05, 3.63) is 30.1 Å². The van der Waals surface area contributed by atoms with Crippen molar-refractivity contribution in [2.75, 3.05) is 0 Å². The third-order valence-electron chi connectivity index (χ3n) is 1.99. The van der Waals surface area contributed by atoms with Crippen molar-refractivity contribution in [3.8, 4) is 0 Å². The molecule has 1 heterocycles. The minimum atomic E-state index is -3.85. The monoisotopic (exact) mass is 244 g/mol. The third-order valence-corrected chi connectivity index (χ3v) is 3.67. The molecule has 16 heavy (non-hydrogen) atoms. The standard InChI is InChI=1S/C9H12N2O4S/c1-7(9(12)13)16(14,15)11-6-8-4-2-3-5-10-8/h2-5,7,11H,6H2,1H3,(H,12,13). The lowest BCUT2D eigenvalue weighted by Gasteiger charge is -2.09. The van der Waals surface area contributed by atoms with Gasteiger partial charge in [0, 0.05) is 6.20 Å². The van der Waals surface area contributed by atoms with Crippen LogP contribution < -0.4 is 4.72 Å². The number of nitrogens with one attached hydrogen (secondary N) is 1. The van der Waals surface area contributed by atoms with Crippen molar-refractivity contribution in [1.29, 1.82) is 0 Å². The number of hydrogen-bond acceptors (Lipinski definition) is 4. The predicted octanol–water partition coefficient (Wildman–Crippen LogP) is -0.0259. The predicted molar refractivity (Wildman–Crippen MR) is 57.1 cm³/mol. The van der Waals surface area contributed by atoms with E-state index in [0.717, 1.165) is 6.92 Å². The lowest BCUT2D eigenvalue weighted by atomic mass is 10.4. The van der Waals surface area contributed by atoms with Crippen LogP contribution in [0.5, 0.6) is 0 Å². The Balaban J connectivity index is 2.65. The largest absolute Gasteiger partial charge is 0.480 e. The molecule has 0 fully saturated rings. The molecule has 0 saturated carbocycles. The summed E-state index contributed by atoms with van der Waals surface area (Å²) < 4.78 is 25.0. The first-order valence-electron chi connectivity index (χ1n) is 4.54. The summed E-state index contributed by atoms with van der Waals surface area (Å²) in [7, 11) is -3.85. The van der Waals surface area contributed by atoms with Gasteiger partial charge >= 0.3 is 5.97 Å². The summed E-state index contributed by atoms with van der Waals surface area (Å²) in [6.07, 6.45) is 1.53. The number of aliphatic carboxylic acids is 1. The van der Waals surface area contributed by atoms with E-state index in [9.17, 15) is 13.2 Å². The summed E-state index contributed by atoms with van der Waals surface area (Å²) in [5.41, 5.74) is 0.531. The smallest absolute Gasteiger partial charge is 0.323 e. The Hall–Kier alpha value is -1.47. The Morgan fingerprint density at radius 1 is 1.56 bits per heavy atom. The molecule has 0 aliphatic carbocycles. The zero-order valence-corrected chi connectivity index (χ0v) is 9.44. The molecule has 1 atom stereocenters. The van der Waals surface area contributed by atoms with Gasteiger partial charge in [-0.1, -0.05) is 6.07 Å². The number of sulfonamides is 1. The number of pyridine rings is 1. The highest BCUT2D eigenvalue weighted by molar-refractivity contribution is 7.90. The van der Waals surface area contributed by atoms with Crippen LogP contribution in [0.1, 0.15) is 12.6 Å². The molecule has 0 aliphatic rings. The Morgan fingerprint density at radius 2 is 2.25 bits per heavy atom. The van der Waals surface area contributed by atoms with E-state index in [0.29, 0.717) is 5.69 Å². The Bertz CT molecular complexity index is 458. The molecule has 0 aliphatic heterocycles. The van der Waals surface area contributed by atoms with E-state index in [4.69, 9.17) is 5.11 Å². The summed E-state index contributed by atoms with van der Waals surface area (Å²) >= 11 is 0. The van der Waals surface area contributed by atoms with Crippen LogP contribution >= 0.6 is 0 Å². The number of carboxylic acids is 1. The number of carboxylic acid groups (broad SMARTS) is 1. The fourth-order valence-corrected chi connectivity index (χ4v) is 1.80. The van der Waals surface area contributed by atoms with Crippen molar-refractivity contribution in [2.24, 2.45) is 0 Å². The molecule has 1 aromatic rings. The lowest BCUT2D eigenvalue weighted by Crippen LogP contribution is -2.37. The number of aromatic nitrogens is 1. The van der Waals surface area contributed by atoms with Crippen LogP contribution in [0.25, 0.3) is 0 Å². The second-order valence-corrected chi connectivity index (χ2v) is 5.25. The molecule has 1 unspecified atom stereocenters. The molecule has 1 rings (SSSR count). The first-order chi connectivity index (χ1) is 7.43. The molecule has 1 aromatic heterocycles. The summed E-state index contributed by atoms with van der Waals surface area (Å²) in [6, 6.07) is 5.07. The van der Waals surface area contributed by atoms with Crippen LogP contribution in [0, 0.1) is 0 Å². The van der Waals surface area contributed by atoms with Crippen molar-refractivity contribution in [1.82, 2.24) is 9.71 Å². The van der Waals surface area contributed by atoms with Gasteiger partial charge in [-0.15, -0.1) is 0 Å². The van der Waals surface area contributed by atoms with E-state index in [2.05, 4.69) is 9.71 Å². The van der Waals surface area contributed by atoms with Gasteiger partial charge in [-0.3, -0.25) is 9.78 Å². The summed E-state index contributed by atoms with van der Waals surface area (Å²) in [5, 5.41) is 7.10. The third kappa shape index (κ3) is 3.28. The van der Waals surface area contributed by atoms with Gasteiger partial charge in [-0.2, -0.15) is 0 Å². The minimum absolute atomic E-state index is 0.0131. The topological polar surface area (TPSA) is 96.4 Å². The van der Waals surface area contributed by atoms with Crippen molar-refractivity contribution >= 4 is 16.0 Å². The quantitative estimate of drug-likeness (QED) is 0.758. The van der Waals surface area contributed by atoms with Gasteiger partial charge in [-0.05, 0) is 19.1 Å². The van der Waals surface area contributed by atoms with Crippen LogP contribution in [-0.4, -0.2) is 29.7 Å². The molecule has 2 N–H and O–H groups in total. The zero-order valence-electron chi connectivity index (χ0n) is 8.62. The van der Waals surface area contributed by atoms with Gasteiger partial charge in [0.15, 0.2) is 5.25 Å². The number of hydrogen-bond donors (Lipinski definition) is 2. The molecule has 7 heteroatoms. The highest BCUT2D eigenvalue weighted by atomic mass is 32.2. The van der Waals surface area contributed by atoms with Crippen molar-refractivity contribution < 1.29 is 18.3 Å². The Morgan fingerprint density at radius 3 is 2.75 bits per heavy atom. The van der Waals surface area contributed by atoms with E-state index >= 15 is 0 Å². The highest BCUT2D eigenvalue weighted by Crippen LogP contribution is 2.00. The van der Waals surface area contributed by atoms with Gasteiger partial charge in [-0.25, -0.2) is 13.1 Å². The van der Waals surface area contributed by atoms with E-state index in [1.807, 2.05) is 0 Å². The Kier molecular flexibility index (Phi) is 3.97. The molecule has 0 saturated heterocycles. The second-order valence-electron chi connectivity index (χ2n) is 3.17. The summed E-state index contributed by atoms with van der Waals surface area (Å²) in [6.45, 7) is 1.10. The fraction of sp³-hybridized carbons (Fsp3) is 0.333. The maximum atomic E-state index is 11.4. The van der Waals surface area contributed by atoms with Crippen molar-refractivity contribution in [2.45, 2.75) is 18.7 Å². The lowest BCUT2D eigenvalue weighted by molar-refractivity contribution is -0.136. The number of rotatable bonds is 5. The minimum Gasteiger partial charge on any atom is -0.480 e. The van der Waals surface area contributed by atoms with Gasteiger partial charge in [0.05, 0.1) is 12.2 Å². The SMILES string of the molecule is CC(C(=O)O)S(=O)(=O)NCc1ccccn1. The zero-order chi connectivity index (χ0) is 12.2. The van der Waals surface area contributed by atoms with Crippen molar-refractivity contribution in [3.63, 3.8) is 0 Å². The van der Waals surface area contributed by atoms with Crippen LogP contribution in [0.4, 0.5) is 0 Å². The van der Waals surface area contributed by atoms with E-state index in [1.165, 1.54) is 6.20 Å². The maximum absolute atomic E-state index is 11.4. The fourth-order valence-electron chi connectivity index (χ4n) is 0.935. The molecule has 0 aromatic carbocycles. The normalized spacial score (nSPS) is 13.3. The summed E-state index contributed by atoms with van der Waals surface area (Å²) in [4.78, 5) is 14.4. The van der Waals surface area contributed by atoms with Gasteiger partial charge < -0.3 is 5.11 Å². The van der Waals surface area contributed by atoms with Gasteiger partial charge in [0.25, 0.3) is 0 Å². The molecule has 0 radical (unpaired) electrons. The first kappa shape index (κ1) is 12.6. The van der Waals surface area contributed by atoms with Gasteiger partial charge in [0.1, 0.15) is 0 Å². The molecule has 6 nitrogen and oxygen atoms in total. The maximum Gasteiger partial charge on any atom is 0.323 e. The van der Waals surface area contributed by atoms with E-state index in [1.54, 1.807) is 18.2 Å². The average Bonchev–Trinajstić information content (AvgIpc) is 2.27. The van der Waals surface area contributed by atoms with Gasteiger partial charge in [0.2, 0.25) is 10.0 Å². The van der Waals surface area contributed by atoms with Crippen LogP contribution in [0.2, 0.25) is 0 Å². The average molecular weight is 244 g/mol. The second kappa shape index (κ2) is 5.04. The van der Waals surface area contributed by atoms with Crippen LogP contribution in [-0.2, 0) is 21.4 Å². The van der Waals surface area contributed by atoms with E-state index in [-0.39, 0.29) is 6.54 Å². The first-order valence-corrected chi connectivity index (χ1v) is 6.09. The van der Waals surface area contributed by atoms with E-state index < -0.39 is 21.2 Å². The molecular weight excluding hydrogens is 232 g/mol. The summed E-state index contributed by atoms with van der Waals surface area (Å²) in [5.74, 6) is -1.38.